The van der Waals surface area contributed by atoms with Crippen LogP contribution in [0.25, 0.3) is 5.57 Å². The molecule has 0 fully saturated rings. The Morgan fingerprint density at radius 3 is 2.56 bits per heavy atom. The highest BCUT2D eigenvalue weighted by atomic mass is 35.5. The van der Waals surface area contributed by atoms with Crippen LogP contribution in [0.4, 0.5) is 0 Å². The summed E-state index contributed by atoms with van der Waals surface area (Å²) in [4.78, 5) is 11.2. The summed E-state index contributed by atoms with van der Waals surface area (Å²) in [6.45, 7) is 0.184. The van der Waals surface area contributed by atoms with Gasteiger partial charge in [0.15, 0.2) is 0 Å². The maximum atomic E-state index is 10.9. The molecule has 1 heterocycles. The van der Waals surface area contributed by atoms with Crippen molar-refractivity contribution in [2.45, 2.75) is 17.9 Å². The number of benzene rings is 2. The zero-order valence-corrected chi connectivity index (χ0v) is 15.1. The molecule has 2 aromatic carbocycles. The standard InChI is InChI=1S/C17H14Cl2O5S/c18-12-2-1-10(15(19)6-12)8-24-13-3-4-14-11(5-17(20)21)9-25(22,23)16(14)7-13/h1-4,6-7,9,22-23H,5,8H2,(H,20,21). The van der Waals surface area contributed by atoms with Crippen LogP contribution in [0.1, 0.15) is 17.5 Å². The first-order chi connectivity index (χ1) is 11.8. The number of ether oxygens (including phenoxy) is 1. The molecular weight excluding hydrogens is 387 g/mol. The summed E-state index contributed by atoms with van der Waals surface area (Å²) in [5.74, 6) is -0.610. The van der Waals surface area contributed by atoms with Gasteiger partial charge in [-0.05, 0) is 29.8 Å². The molecule has 0 spiro atoms. The highest BCUT2D eigenvalue weighted by molar-refractivity contribution is 8.27. The van der Waals surface area contributed by atoms with E-state index in [0.29, 0.717) is 26.9 Å². The number of hydrogen-bond acceptors (Lipinski definition) is 4. The molecule has 5 nitrogen and oxygen atoms in total. The average molecular weight is 401 g/mol. The number of fused-ring (bicyclic) bond motifs is 1. The molecule has 0 saturated carbocycles. The number of hydrogen-bond donors (Lipinski definition) is 3. The molecule has 0 unspecified atom stereocenters. The Morgan fingerprint density at radius 1 is 1.12 bits per heavy atom. The second kappa shape index (κ2) is 6.90. The Kier molecular flexibility index (Phi) is 4.99. The van der Waals surface area contributed by atoms with Gasteiger partial charge in [0.2, 0.25) is 0 Å². The smallest absolute Gasteiger partial charge is 0.307 e. The molecule has 0 bridgehead atoms. The lowest BCUT2D eigenvalue weighted by Crippen LogP contribution is -1.99. The fraction of sp³-hybridized carbons (Fsp3) is 0.118. The van der Waals surface area contributed by atoms with Crippen LogP contribution in [-0.4, -0.2) is 20.2 Å². The first kappa shape index (κ1) is 18.1. The number of rotatable bonds is 5. The largest absolute Gasteiger partial charge is 0.489 e. The highest BCUT2D eigenvalue weighted by Crippen LogP contribution is 2.60. The van der Waals surface area contributed by atoms with E-state index >= 15 is 0 Å². The topological polar surface area (TPSA) is 87.0 Å². The molecule has 0 aromatic heterocycles. The SMILES string of the molecule is O=C(O)CC1=CS(O)(O)c2cc(OCc3ccc(Cl)cc3Cl)ccc21. The molecule has 0 saturated heterocycles. The summed E-state index contributed by atoms with van der Waals surface area (Å²) in [5.41, 5.74) is 1.64. The van der Waals surface area contributed by atoms with Gasteiger partial charge in [0.25, 0.3) is 0 Å². The van der Waals surface area contributed by atoms with Crippen LogP contribution in [0.2, 0.25) is 10.0 Å². The van der Waals surface area contributed by atoms with Gasteiger partial charge in [0, 0.05) is 32.6 Å². The van der Waals surface area contributed by atoms with Crippen molar-refractivity contribution < 1.29 is 23.7 Å². The third-order valence-electron chi connectivity index (χ3n) is 3.68. The number of carbonyl (C=O) groups is 1. The monoisotopic (exact) mass is 400 g/mol. The molecule has 1 aliphatic rings. The van der Waals surface area contributed by atoms with E-state index in [2.05, 4.69) is 0 Å². The summed E-state index contributed by atoms with van der Waals surface area (Å²) in [6, 6.07) is 9.86. The number of aliphatic carboxylic acids is 1. The predicted molar refractivity (Wildman–Crippen MR) is 98.6 cm³/mol. The zero-order chi connectivity index (χ0) is 18.2. The van der Waals surface area contributed by atoms with E-state index in [-0.39, 0.29) is 17.9 Å². The van der Waals surface area contributed by atoms with Gasteiger partial charge in [0.1, 0.15) is 12.4 Å². The van der Waals surface area contributed by atoms with Gasteiger partial charge in [-0.15, -0.1) is 10.6 Å². The first-order valence-corrected chi connectivity index (χ1v) is 9.54. The van der Waals surface area contributed by atoms with Gasteiger partial charge in [-0.1, -0.05) is 29.3 Å². The minimum absolute atomic E-state index is 0.184. The van der Waals surface area contributed by atoms with E-state index in [4.69, 9.17) is 33.0 Å². The fourth-order valence-electron chi connectivity index (χ4n) is 2.53. The lowest BCUT2D eigenvalue weighted by atomic mass is 10.0. The summed E-state index contributed by atoms with van der Waals surface area (Å²) >= 11 is 12.0. The maximum absolute atomic E-state index is 10.9. The van der Waals surface area contributed by atoms with Gasteiger partial charge in [0.05, 0.1) is 11.3 Å². The van der Waals surface area contributed by atoms with Crippen LogP contribution < -0.4 is 4.74 Å². The molecule has 3 N–H and O–H groups in total. The van der Waals surface area contributed by atoms with Crippen LogP contribution >= 0.6 is 33.8 Å². The molecule has 0 atom stereocenters. The van der Waals surface area contributed by atoms with Crippen molar-refractivity contribution in [2.24, 2.45) is 0 Å². The zero-order valence-electron chi connectivity index (χ0n) is 12.8. The van der Waals surface area contributed by atoms with E-state index in [1.807, 2.05) is 0 Å². The second-order valence-corrected chi connectivity index (χ2v) is 8.19. The minimum atomic E-state index is -3.17. The van der Waals surface area contributed by atoms with Gasteiger partial charge in [-0.25, -0.2) is 0 Å². The van der Waals surface area contributed by atoms with Crippen LogP contribution in [0.15, 0.2) is 46.7 Å². The van der Waals surface area contributed by atoms with Crippen molar-refractivity contribution in [3.63, 3.8) is 0 Å². The third-order valence-corrected chi connectivity index (χ3v) is 5.87. The molecular formula is C17H14Cl2O5S. The van der Waals surface area contributed by atoms with Gasteiger partial charge in [-0.3, -0.25) is 13.9 Å². The summed E-state index contributed by atoms with van der Waals surface area (Å²) < 4.78 is 26.1. The Labute approximate surface area is 155 Å². The number of carboxylic acids is 1. The van der Waals surface area contributed by atoms with Gasteiger partial charge in [-0.2, -0.15) is 0 Å². The highest BCUT2D eigenvalue weighted by Gasteiger charge is 2.29. The molecule has 2 aromatic rings. The molecule has 132 valence electrons. The third kappa shape index (κ3) is 3.94. The van der Waals surface area contributed by atoms with Crippen molar-refractivity contribution in [1.29, 1.82) is 0 Å². The molecule has 1 aliphatic heterocycles. The Morgan fingerprint density at radius 2 is 1.88 bits per heavy atom. The van der Waals surface area contributed by atoms with E-state index < -0.39 is 16.6 Å². The van der Waals surface area contributed by atoms with E-state index in [9.17, 15) is 13.9 Å². The first-order valence-electron chi connectivity index (χ1n) is 7.18. The van der Waals surface area contributed by atoms with Crippen LogP contribution in [0, 0.1) is 0 Å². The Hall–Kier alpha value is -1.70. The van der Waals surface area contributed by atoms with Crippen molar-refractivity contribution in [1.82, 2.24) is 0 Å². The average Bonchev–Trinajstić information content (AvgIpc) is 2.76. The van der Waals surface area contributed by atoms with Crippen molar-refractivity contribution in [3.8, 4) is 5.75 Å². The summed E-state index contributed by atoms with van der Waals surface area (Å²) in [7, 11) is -3.17. The van der Waals surface area contributed by atoms with Crippen LogP contribution in [0.5, 0.6) is 5.75 Å². The van der Waals surface area contributed by atoms with Crippen molar-refractivity contribution in [2.75, 3.05) is 0 Å². The summed E-state index contributed by atoms with van der Waals surface area (Å²) in [5, 5.41) is 11.2. The molecule has 0 aliphatic carbocycles. The second-order valence-electron chi connectivity index (χ2n) is 5.49. The molecule has 25 heavy (non-hydrogen) atoms. The quantitative estimate of drug-likeness (QED) is 0.615. The minimum Gasteiger partial charge on any atom is -0.489 e. The maximum Gasteiger partial charge on any atom is 0.307 e. The van der Waals surface area contributed by atoms with Gasteiger partial charge < -0.3 is 9.84 Å². The Balaban J connectivity index is 1.81. The van der Waals surface area contributed by atoms with Crippen LogP contribution in [-0.2, 0) is 11.4 Å². The van der Waals surface area contributed by atoms with Crippen molar-refractivity contribution >= 4 is 45.3 Å². The lowest BCUT2D eigenvalue weighted by molar-refractivity contribution is -0.135. The summed E-state index contributed by atoms with van der Waals surface area (Å²) in [6.07, 6.45) is -0.274. The Bertz CT molecular complexity index is 879. The van der Waals surface area contributed by atoms with E-state index in [0.717, 1.165) is 5.56 Å². The number of carboxylic acid groups (broad SMARTS) is 1. The number of halogens is 2. The van der Waals surface area contributed by atoms with Gasteiger partial charge >= 0.3 is 5.97 Å². The van der Waals surface area contributed by atoms with Crippen molar-refractivity contribution in [3.05, 3.63) is 63.0 Å². The van der Waals surface area contributed by atoms with Crippen LogP contribution in [0.3, 0.4) is 0 Å². The molecule has 8 heteroatoms. The molecule has 0 radical (unpaired) electrons. The normalized spacial score (nSPS) is 16.1. The molecule has 3 rings (SSSR count). The molecule has 0 amide bonds. The lowest BCUT2D eigenvalue weighted by Gasteiger charge is -2.25. The van der Waals surface area contributed by atoms with E-state index in [1.54, 1.807) is 30.3 Å². The van der Waals surface area contributed by atoms with E-state index in [1.165, 1.54) is 11.5 Å². The fourth-order valence-corrected chi connectivity index (χ4v) is 4.54. The predicted octanol–water partition coefficient (Wildman–Crippen LogP) is 5.51.